The summed E-state index contributed by atoms with van der Waals surface area (Å²) in [5.41, 5.74) is 1.52. The molecule has 0 amide bonds. The van der Waals surface area contributed by atoms with E-state index in [1.165, 1.54) is 0 Å². The Hall–Kier alpha value is -1.42. The summed E-state index contributed by atoms with van der Waals surface area (Å²) in [6, 6.07) is 6.97. The van der Waals surface area contributed by atoms with E-state index in [2.05, 4.69) is 11.3 Å². The van der Waals surface area contributed by atoms with Crippen LogP contribution in [0.5, 0.6) is 0 Å². The van der Waals surface area contributed by atoms with Crippen LogP contribution >= 0.6 is 0 Å². The highest BCUT2D eigenvalue weighted by atomic mass is 32.2. The number of nitrogens with one attached hydrogen (secondary N) is 1. The number of sulfonamides is 2. The van der Waals surface area contributed by atoms with Gasteiger partial charge >= 0.3 is 0 Å². The average Bonchev–Trinajstić information content (AvgIpc) is 2.36. The largest absolute Gasteiger partial charge is 0.309 e. The van der Waals surface area contributed by atoms with Crippen LogP contribution in [0.15, 0.2) is 30.8 Å². The molecule has 0 atom stereocenters. The molecular weight excluding hydrogens is 338 g/mol. The second kappa shape index (κ2) is 9.66. The maximum absolute atomic E-state index is 10.8. The standard InChI is InChI=1S/C9H11NO2S.C5H14N2O2S/c1-3-8-4-6-9(7-5-8)10-13(2,11)12;1-7(2)4-3-5-10(6,8)9/h3-7,10H,1H2,2H3;3-5H2,1-2H3,(H2,6,8,9). The van der Waals surface area contributed by atoms with Gasteiger partial charge in [-0.1, -0.05) is 24.8 Å². The molecule has 132 valence electrons. The maximum Gasteiger partial charge on any atom is 0.229 e. The quantitative estimate of drug-likeness (QED) is 0.749. The summed E-state index contributed by atoms with van der Waals surface area (Å²) in [5, 5.41) is 4.78. The van der Waals surface area contributed by atoms with Crippen LogP contribution < -0.4 is 9.86 Å². The van der Waals surface area contributed by atoms with Gasteiger partial charge in [0.2, 0.25) is 20.0 Å². The van der Waals surface area contributed by atoms with Crippen LogP contribution in [0.25, 0.3) is 6.08 Å². The van der Waals surface area contributed by atoms with Crippen LogP contribution in [0.4, 0.5) is 5.69 Å². The molecule has 3 N–H and O–H groups in total. The molecule has 0 spiro atoms. The Labute approximate surface area is 139 Å². The van der Waals surface area contributed by atoms with Crippen molar-refractivity contribution in [1.82, 2.24) is 4.90 Å². The van der Waals surface area contributed by atoms with E-state index < -0.39 is 20.0 Å². The number of rotatable bonds is 7. The average molecular weight is 364 g/mol. The molecule has 0 saturated carbocycles. The minimum absolute atomic E-state index is 0.0746. The lowest BCUT2D eigenvalue weighted by molar-refractivity contribution is 0.408. The van der Waals surface area contributed by atoms with Crippen molar-refractivity contribution in [2.75, 3.05) is 37.4 Å². The Morgan fingerprint density at radius 1 is 1.17 bits per heavy atom. The van der Waals surface area contributed by atoms with Crippen molar-refractivity contribution in [2.45, 2.75) is 6.42 Å². The molecule has 0 heterocycles. The number of hydrogen-bond acceptors (Lipinski definition) is 5. The van der Waals surface area contributed by atoms with Gasteiger partial charge in [0.1, 0.15) is 0 Å². The van der Waals surface area contributed by atoms with Crippen molar-refractivity contribution < 1.29 is 16.8 Å². The zero-order chi connectivity index (χ0) is 18.1. The molecule has 23 heavy (non-hydrogen) atoms. The monoisotopic (exact) mass is 363 g/mol. The molecule has 1 aromatic carbocycles. The first kappa shape index (κ1) is 21.6. The van der Waals surface area contributed by atoms with E-state index in [-0.39, 0.29) is 5.75 Å². The van der Waals surface area contributed by atoms with Gasteiger partial charge in [0.25, 0.3) is 0 Å². The predicted octanol–water partition coefficient (Wildman–Crippen LogP) is 0.928. The van der Waals surface area contributed by atoms with Crippen LogP contribution in [0.3, 0.4) is 0 Å². The van der Waals surface area contributed by atoms with Gasteiger partial charge in [-0.05, 0) is 44.8 Å². The first-order valence-electron chi connectivity index (χ1n) is 6.78. The highest BCUT2D eigenvalue weighted by Gasteiger charge is 2.01. The Morgan fingerprint density at radius 2 is 1.70 bits per heavy atom. The lowest BCUT2D eigenvalue weighted by atomic mass is 10.2. The topological polar surface area (TPSA) is 110 Å². The first-order chi connectivity index (χ1) is 10.4. The molecule has 0 saturated heterocycles. The third kappa shape index (κ3) is 13.9. The minimum atomic E-state index is -3.25. The summed E-state index contributed by atoms with van der Waals surface area (Å²) in [5.74, 6) is 0.0746. The van der Waals surface area contributed by atoms with Crippen molar-refractivity contribution in [3.8, 4) is 0 Å². The van der Waals surface area contributed by atoms with E-state index >= 15 is 0 Å². The van der Waals surface area contributed by atoms with Gasteiger partial charge in [-0.15, -0.1) is 0 Å². The second-order valence-electron chi connectivity index (χ2n) is 5.22. The van der Waals surface area contributed by atoms with E-state index in [1.807, 2.05) is 19.0 Å². The van der Waals surface area contributed by atoms with E-state index in [1.54, 1.807) is 30.3 Å². The summed E-state index contributed by atoms with van der Waals surface area (Å²) in [6.07, 6.45) is 3.42. The molecule has 0 bridgehead atoms. The summed E-state index contributed by atoms with van der Waals surface area (Å²) >= 11 is 0. The minimum Gasteiger partial charge on any atom is -0.309 e. The molecule has 1 rings (SSSR count). The number of anilines is 1. The van der Waals surface area contributed by atoms with Crippen molar-refractivity contribution in [3.05, 3.63) is 36.4 Å². The van der Waals surface area contributed by atoms with Crippen LogP contribution in [0.1, 0.15) is 12.0 Å². The lowest BCUT2D eigenvalue weighted by Gasteiger charge is -2.07. The van der Waals surface area contributed by atoms with Crippen LogP contribution in [0, 0.1) is 0 Å². The van der Waals surface area contributed by atoms with E-state index in [4.69, 9.17) is 5.14 Å². The molecular formula is C14H25N3O4S2. The van der Waals surface area contributed by atoms with Crippen LogP contribution in [0.2, 0.25) is 0 Å². The molecule has 9 heteroatoms. The summed E-state index contributed by atoms with van der Waals surface area (Å²) in [4.78, 5) is 1.92. The smallest absolute Gasteiger partial charge is 0.229 e. The lowest BCUT2D eigenvalue weighted by Crippen LogP contribution is -2.21. The molecule has 1 aromatic rings. The zero-order valence-electron chi connectivity index (χ0n) is 13.7. The van der Waals surface area contributed by atoms with Crippen LogP contribution in [-0.2, 0) is 20.0 Å². The Morgan fingerprint density at radius 3 is 2.04 bits per heavy atom. The van der Waals surface area contributed by atoms with Crippen molar-refractivity contribution in [3.63, 3.8) is 0 Å². The fourth-order valence-corrected chi connectivity index (χ4v) is 2.58. The Bertz CT molecular complexity index is 681. The van der Waals surface area contributed by atoms with Gasteiger partial charge in [0.05, 0.1) is 12.0 Å². The SMILES string of the molecule is C=Cc1ccc(NS(C)(=O)=O)cc1.CN(C)CCCS(N)(=O)=O. The third-order valence-corrected chi connectivity index (χ3v) is 3.95. The van der Waals surface area contributed by atoms with Gasteiger partial charge in [0.15, 0.2) is 0 Å². The third-order valence-electron chi connectivity index (χ3n) is 2.48. The number of primary sulfonamides is 1. The normalized spacial score (nSPS) is 11.5. The van der Waals surface area contributed by atoms with Gasteiger partial charge in [0, 0.05) is 5.69 Å². The number of benzene rings is 1. The number of nitrogens with two attached hydrogens (primary N) is 1. The molecule has 7 nitrogen and oxygen atoms in total. The zero-order valence-corrected chi connectivity index (χ0v) is 15.3. The van der Waals surface area contributed by atoms with E-state index in [9.17, 15) is 16.8 Å². The van der Waals surface area contributed by atoms with E-state index in [0.29, 0.717) is 12.1 Å². The van der Waals surface area contributed by atoms with Crippen LogP contribution in [-0.4, -0.2) is 54.4 Å². The highest BCUT2D eigenvalue weighted by molar-refractivity contribution is 7.92. The van der Waals surface area contributed by atoms with Crippen molar-refractivity contribution >= 4 is 31.8 Å². The molecule has 0 aliphatic rings. The molecule has 0 fully saturated rings. The second-order valence-corrected chi connectivity index (χ2v) is 8.71. The Balaban J connectivity index is 0.000000438. The molecule has 0 aromatic heterocycles. The van der Waals surface area contributed by atoms with Gasteiger partial charge in [-0.3, -0.25) is 4.72 Å². The van der Waals surface area contributed by atoms with Gasteiger partial charge < -0.3 is 4.90 Å². The van der Waals surface area contributed by atoms with Crippen molar-refractivity contribution in [2.24, 2.45) is 5.14 Å². The Kier molecular flexibility index (Phi) is 9.06. The summed E-state index contributed by atoms with van der Waals surface area (Å²) < 4.78 is 44.8. The van der Waals surface area contributed by atoms with Crippen molar-refractivity contribution in [1.29, 1.82) is 0 Å². The molecule has 0 aliphatic carbocycles. The fraction of sp³-hybridized carbons (Fsp3) is 0.429. The maximum atomic E-state index is 10.8. The predicted molar refractivity (Wildman–Crippen MR) is 96.1 cm³/mol. The fourth-order valence-electron chi connectivity index (χ4n) is 1.48. The van der Waals surface area contributed by atoms with Gasteiger partial charge in [-0.25, -0.2) is 22.0 Å². The molecule has 0 unspecified atom stereocenters. The van der Waals surface area contributed by atoms with E-state index in [0.717, 1.165) is 18.4 Å². The summed E-state index contributed by atoms with van der Waals surface area (Å²) in [7, 11) is -2.64. The summed E-state index contributed by atoms with van der Waals surface area (Å²) in [6.45, 7) is 4.36. The number of hydrogen-bond donors (Lipinski definition) is 2. The number of nitrogens with zero attached hydrogens (tertiary/aromatic N) is 1. The van der Waals surface area contributed by atoms with Gasteiger partial charge in [-0.2, -0.15) is 0 Å². The highest BCUT2D eigenvalue weighted by Crippen LogP contribution is 2.11. The molecule has 0 aliphatic heterocycles. The molecule has 0 radical (unpaired) electrons. The first-order valence-corrected chi connectivity index (χ1v) is 10.4.